The topological polar surface area (TPSA) is 50.8 Å². The lowest BCUT2D eigenvalue weighted by molar-refractivity contribution is -0.134. The minimum atomic E-state index is 0. The summed E-state index contributed by atoms with van der Waals surface area (Å²) in [4.78, 5) is 14.9. The van der Waals surface area contributed by atoms with Crippen LogP contribution in [0.25, 0.3) is 0 Å². The van der Waals surface area contributed by atoms with Crippen LogP contribution in [0.4, 0.5) is 0 Å². The lowest BCUT2D eigenvalue weighted by Crippen LogP contribution is -2.48. The monoisotopic (exact) mass is 404 g/mol. The summed E-state index contributed by atoms with van der Waals surface area (Å²) in [5, 5.41) is 3.40. The molecule has 5 nitrogen and oxygen atoms in total. The zero-order valence-electron chi connectivity index (χ0n) is 16.5. The highest BCUT2D eigenvalue weighted by atomic mass is 35.5. The van der Waals surface area contributed by atoms with Gasteiger partial charge in [-0.1, -0.05) is 30.3 Å². The second-order valence-electron chi connectivity index (χ2n) is 6.63. The molecule has 1 N–H and O–H groups in total. The zero-order valence-corrected chi connectivity index (χ0v) is 17.3. The lowest BCUT2D eigenvalue weighted by Gasteiger charge is -2.37. The smallest absolute Gasteiger partial charge is 0.223 e. The Morgan fingerprint density at radius 3 is 2.64 bits per heavy atom. The average Bonchev–Trinajstić information content (AvgIpc) is 2.73. The maximum Gasteiger partial charge on any atom is 0.223 e. The van der Waals surface area contributed by atoms with Crippen molar-refractivity contribution in [3.05, 3.63) is 59.7 Å². The maximum absolute atomic E-state index is 13.0. The third-order valence-electron chi connectivity index (χ3n) is 4.92. The third kappa shape index (κ3) is 5.40. The van der Waals surface area contributed by atoms with E-state index in [9.17, 15) is 4.79 Å². The molecule has 3 rings (SSSR count). The summed E-state index contributed by atoms with van der Waals surface area (Å²) in [6, 6.07) is 15.9. The van der Waals surface area contributed by atoms with Gasteiger partial charge in [0, 0.05) is 31.6 Å². The quantitative estimate of drug-likeness (QED) is 0.765. The number of piperazine rings is 1. The first-order valence-corrected chi connectivity index (χ1v) is 9.57. The second-order valence-corrected chi connectivity index (χ2v) is 6.63. The molecule has 0 aliphatic carbocycles. The standard InChI is InChI=1S/C22H28N2O3.ClH/c1-3-27-18-11-8-17(9-12-18)10-13-22(25)24-15-14-23-16-20(24)19-6-4-5-7-21(19)26-2;/h4-9,11-12,20,23H,3,10,13-16H2,1-2H3;1H. The van der Waals surface area contributed by atoms with E-state index in [0.29, 0.717) is 19.6 Å². The Bertz CT molecular complexity index is 752. The number of aryl methyl sites for hydroxylation is 1. The van der Waals surface area contributed by atoms with Crippen molar-refractivity contribution in [3.63, 3.8) is 0 Å². The predicted molar refractivity (Wildman–Crippen MR) is 113 cm³/mol. The van der Waals surface area contributed by atoms with Gasteiger partial charge in [0.2, 0.25) is 5.91 Å². The summed E-state index contributed by atoms with van der Waals surface area (Å²) in [5.41, 5.74) is 2.21. The van der Waals surface area contributed by atoms with Gasteiger partial charge >= 0.3 is 0 Å². The van der Waals surface area contributed by atoms with Crippen LogP contribution < -0.4 is 14.8 Å². The Kier molecular flexibility index (Phi) is 8.61. The third-order valence-corrected chi connectivity index (χ3v) is 4.92. The molecule has 0 radical (unpaired) electrons. The summed E-state index contributed by atoms with van der Waals surface area (Å²) in [6.07, 6.45) is 1.23. The van der Waals surface area contributed by atoms with E-state index in [2.05, 4.69) is 5.32 Å². The predicted octanol–water partition coefficient (Wildman–Crippen LogP) is 3.62. The molecule has 1 saturated heterocycles. The van der Waals surface area contributed by atoms with Crippen LogP contribution in [0.5, 0.6) is 11.5 Å². The van der Waals surface area contributed by atoms with Crippen LogP contribution in [0.3, 0.4) is 0 Å². The number of carbonyl (C=O) groups excluding carboxylic acids is 1. The fourth-order valence-corrected chi connectivity index (χ4v) is 3.54. The minimum Gasteiger partial charge on any atom is -0.496 e. The number of amides is 1. The molecule has 0 bridgehead atoms. The molecule has 0 spiro atoms. The van der Waals surface area contributed by atoms with E-state index in [1.165, 1.54) is 0 Å². The van der Waals surface area contributed by atoms with E-state index < -0.39 is 0 Å². The first-order chi connectivity index (χ1) is 13.2. The van der Waals surface area contributed by atoms with Gasteiger partial charge in [0.25, 0.3) is 0 Å². The molecule has 6 heteroatoms. The first-order valence-electron chi connectivity index (χ1n) is 9.57. The molecular formula is C22H29ClN2O3. The van der Waals surface area contributed by atoms with Gasteiger partial charge in [-0.3, -0.25) is 4.79 Å². The van der Waals surface area contributed by atoms with E-state index >= 15 is 0 Å². The van der Waals surface area contributed by atoms with Gasteiger partial charge in [0.1, 0.15) is 11.5 Å². The average molecular weight is 405 g/mol. The summed E-state index contributed by atoms with van der Waals surface area (Å²) in [5.74, 6) is 1.88. The van der Waals surface area contributed by atoms with Gasteiger partial charge in [-0.05, 0) is 37.1 Å². The maximum atomic E-state index is 13.0. The van der Waals surface area contributed by atoms with Crippen molar-refractivity contribution in [1.29, 1.82) is 0 Å². The summed E-state index contributed by atoms with van der Waals surface area (Å²) >= 11 is 0. The zero-order chi connectivity index (χ0) is 19.1. The normalized spacial score (nSPS) is 16.2. The molecule has 2 aromatic rings. The molecular weight excluding hydrogens is 376 g/mol. The van der Waals surface area contributed by atoms with Crippen LogP contribution >= 0.6 is 12.4 Å². The Morgan fingerprint density at radius 1 is 1.18 bits per heavy atom. The van der Waals surface area contributed by atoms with E-state index in [4.69, 9.17) is 9.47 Å². The molecule has 0 saturated carbocycles. The number of rotatable bonds is 7. The number of hydrogen-bond acceptors (Lipinski definition) is 4. The number of methoxy groups -OCH3 is 1. The number of para-hydroxylation sites is 1. The summed E-state index contributed by atoms with van der Waals surface area (Å²) in [6.45, 7) is 4.91. The van der Waals surface area contributed by atoms with Crippen molar-refractivity contribution in [2.24, 2.45) is 0 Å². The highest BCUT2D eigenvalue weighted by Gasteiger charge is 2.29. The van der Waals surface area contributed by atoms with Gasteiger partial charge in [0.15, 0.2) is 0 Å². The van der Waals surface area contributed by atoms with Gasteiger partial charge in [-0.25, -0.2) is 0 Å². The Labute approximate surface area is 173 Å². The number of hydrogen-bond donors (Lipinski definition) is 1. The highest BCUT2D eigenvalue weighted by Crippen LogP contribution is 2.30. The van der Waals surface area contributed by atoms with E-state index in [-0.39, 0.29) is 24.4 Å². The molecule has 1 unspecified atom stereocenters. The van der Waals surface area contributed by atoms with Crippen LogP contribution in [0.2, 0.25) is 0 Å². The largest absolute Gasteiger partial charge is 0.496 e. The molecule has 0 aromatic heterocycles. The number of halogens is 1. The van der Waals surface area contributed by atoms with Crippen molar-refractivity contribution < 1.29 is 14.3 Å². The van der Waals surface area contributed by atoms with Crippen LogP contribution in [-0.4, -0.2) is 44.2 Å². The molecule has 2 aromatic carbocycles. The van der Waals surface area contributed by atoms with Crippen LogP contribution in [0.15, 0.2) is 48.5 Å². The molecule has 1 amide bonds. The van der Waals surface area contributed by atoms with Crippen LogP contribution in [-0.2, 0) is 11.2 Å². The van der Waals surface area contributed by atoms with Crippen molar-refractivity contribution in [2.75, 3.05) is 33.4 Å². The van der Waals surface area contributed by atoms with Gasteiger partial charge in [-0.15, -0.1) is 12.4 Å². The Balaban J connectivity index is 0.00000280. The number of ether oxygens (including phenoxy) is 2. The lowest BCUT2D eigenvalue weighted by atomic mass is 10.0. The summed E-state index contributed by atoms with van der Waals surface area (Å²) < 4.78 is 11.0. The molecule has 152 valence electrons. The van der Waals surface area contributed by atoms with Gasteiger partial charge in [-0.2, -0.15) is 0 Å². The molecule has 28 heavy (non-hydrogen) atoms. The summed E-state index contributed by atoms with van der Waals surface area (Å²) in [7, 11) is 1.67. The van der Waals surface area contributed by atoms with Crippen molar-refractivity contribution in [2.45, 2.75) is 25.8 Å². The number of nitrogens with one attached hydrogen (secondary N) is 1. The van der Waals surface area contributed by atoms with E-state index in [0.717, 1.165) is 42.1 Å². The van der Waals surface area contributed by atoms with Gasteiger partial charge in [0.05, 0.1) is 19.8 Å². The Hall–Kier alpha value is -2.24. The van der Waals surface area contributed by atoms with Crippen molar-refractivity contribution in [1.82, 2.24) is 10.2 Å². The highest BCUT2D eigenvalue weighted by molar-refractivity contribution is 5.85. The fourth-order valence-electron chi connectivity index (χ4n) is 3.54. The number of carbonyl (C=O) groups is 1. The second kappa shape index (κ2) is 10.9. The van der Waals surface area contributed by atoms with Crippen LogP contribution in [0, 0.1) is 0 Å². The fraction of sp³-hybridized carbons (Fsp3) is 0.409. The number of benzene rings is 2. The first kappa shape index (κ1) is 22.1. The van der Waals surface area contributed by atoms with Crippen molar-refractivity contribution >= 4 is 18.3 Å². The van der Waals surface area contributed by atoms with Gasteiger partial charge < -0.3 is 19.7 Å². The molecule has 1 aliphatic heterocycles. The van der Waals surface area contributed by atoms with Crippen LogP contribution in [0.1, 0.15) is 30.5 Å². The molecule has 1 heterocycles. The van der Waals surface area contributed by atoms with E-state index in [1.54, 1.807) is 7.11 Å². The molecule has 1 atom stereocenters. The SMILES string of the molecule is CCOc1ccc(CCC(=O)N2CCNCC2c2ccccc2OC)cc1.Cl. The Morgan fingerprint density at radius 2 is 1.93 bits per heavy atom. The minimum absolute atomic E-state index is 0. The van der Waals surface area contributed by atoms with E-state index in [1.807, 2.05) is 60.4 Å². The molecule has 1 aliphatic rings. The van der Waals surface area contributed by atoms with Crippen molar-refractivity contribution in [3.8, 4) is 11.5 Å². The number of nitrogens with zero attached hydrogens (tertiary/aromatic N) is 1. The molecule has 1 fully saturated rings.